The van der Waals surface area contributed by atoms with Gasteiger partial charge in [-0.05, 0) is 24.3 Å². The van der Waals surface area contributed by atoms with Crippen molar-refractivity contribution in [2.75, 3.05) is 6.61 Å². The van der Waals surface area contributed by atoms with Gasteiger partial charge in [0.2, 0.25) is 0 Å². The molecule has 1 fully saturated rings. The minimum absolute atomic E-state index is 0.323. The third-order valence-corrected chi connectivity index (χ3v) is 5.16. The third-order valence-electron chi connectivity index (χ3n) is 5.16. The Balaban J connectivity index is 2.19. The number of hydrogen-bond acceptors (Lipinski definition) is 4. The van der Waals surface area contributed by atoms with Gasteiger partial charge in [-0.2, -0.15) is 5.26 Å². The summed E-state index contributed by atoms with van der Waals surface area (Å²) in [7, 11) is 0. The molecule has 1 N–H and O–H groups in total. The van der Waals surface area contributed by atoms with E-state index in [4.69, 9.17) is 15.1 Å². The van der Waals surface area contributed by atoms with E-state index >= 15 is 0 Å². The highest BCUT2D eigenvalue weighted by Crippen LogP contribution is 2.60. The lowest BCUT2D eigenvalue weighted by atomic mass is 10.1. The molecular formula is C21H21F4NO3. The van der Waals surface area contributed by atoms with Crippen LogP contribution in [0.15, 0.2) is 23.8 Å². The van der Waals surface area contributed by atoms with Gasteiger partial charge in [-0.25, -0.2) is 17.6 Å². The standard InChI is InChI=1S/C21H21F4NO3/c1-4-5-11(9-26)8-14-15(21(14,2)3)20(28)29-10-13-18(24)16(22)12(6-7-27)17(23)19(13)25/h4-5,8,14-15,27H,6-7,10H2,1-3H3/t14-,15+/m1/s1. The second kappa shape index (κ2) is 8.78. The van der Waals surface area contributed by atoms with Crippen LogP contribution in [-0.2, 0) is 22.6 Å². The second-order valence-corrected chi connectivity index (χ2v) is 7.35. The van der Waals surface area contributed by atoms with E-state index in [0.29, 0.717) is 5.57 Å². The highest BCUT2D eigenvalue weighted by molar-refractivity contribution is 5.78. The molecule has 0 amide bonds. The Morgan fingerprint density at radius 1 is 1.17 bits per heavy atom. The summed E-state index contributed by atoms with van der Waals surface area (Å²) in [6, 6.07) is 1.99. The van der Waals surface area contributed by atoms with Crippen LogP contribution in [-0.4, -0.2) is 17.7 Å². The first-order chi connectivity index (χ1) is 13.6. The fourth-order valence-corrected chi connectivity index (χ4v) is 3.36. The summed E-state index contributed by atoms with van der Waals surface area (Å²) in [6.45, 7) is 3.61. The van der Waals surface area contributed by atoms with Gasteiger partial charge in [-0.1, -0.05) is 26.0 Å². The van der Waals surface area contributed by atoms with Gasteiger partial charge in [-0.3, -0.25) is 4.79 Å². The monoisotopic (exact) mass is 411 g/mol. The molecule has 2 rings (SSSR count). The molecule has 1 aliphatic rings. The Hall–Kier alpha value is -2.66. The number of aliphatic hydroxyl groups is 1. The average Bonchev–Trinajstić information content (AvgIpc) is 3.22. The second-order valence-electron chi connectivity index (χ2n) is 7.35. The van der Waals surface area contributed by atoms with Crippen LogP contribution in [0.25, 0.3) is 0 Å². The van der Waals surface area contributed by atoms with E-state index in [9.17, 15) is 22.4 Å². The fraction of sp³-hybridized carbons (Fsp3) is 0.429. The van der Waals surface area contributed by atoms with E-state index in [2.05, 4.69) is 0 Å². The van der Waals surface area contributed by atoms with E-state index in [1.165, 1.54) is 0 Å². The van der Waals surface area contributed by atoms with E-state index < -0.39 is 71.3 Å². The summed E-state index contributed by atoms with van der Waals surface area (Å²) >= 11 is 0. The van der Waals surface area contributed by atoms with Crippen molar-refractivity contribution >= 4 is 5.97 Å². The first kappa shape index (κ1) is 22.6. The number of hydrogen-bond donors (Lipinski definition) is 1. The lowest BCUT2D eigenvalue weighted by Gasteiger charge is -2.12. The number of aliphatic hydroxyl groups excluding tert-OH is 1. The molecule has 29 heavy (non-hydrogen) atoms. The van der Waals surface area contributed by atoms with E-state index in [1.54, 1.807) is 39.0 Å². The topological polar surface area (TPSA) is 70.3 Å². The molecule has 1 aromatic carbocycles. The van der Waals surface area contributed by atoms with Crippen molar-refractivity contribution in [3.05, 3.63) is 58.2 Å². The van der Waals surface area contributed by atoms with Gasteiger partial charge in [0.1, 0.15) is 6.61 Å². The van der Waals surface area contributed by atoms with E-state index in [-0.39, 0.29) is 5.92 Å². The molecule has 0 heterocycles. The molecule has 0 spiro atoms. The molecule has 1 aromatic rings. The molecule has 8 heteroatoms. The third kappa shape index (κ3) is 4.35. The molecule has 156 valence electrons. The Morgan fingerprint density at radius 3 is 2.21 bits per heavy atom. The van der Waals surface area contributed by atoms with Gasteiger partial charge < -0.3 is 9.84 Å². The van der Waals surface area contributed by atoms with Crippen LogP contribution in [0.3, 0.4) is 0 Å². The smallest absolute Gasteiger partial charge is 0.310 e. The zero-order valence-electron chi connectivity index (χ0n) is 16.2. The van der Waals surface area contributed by atoms with Gasteiger partial charge in [0.25, 0.3) is 0 Å². The summed E-state index contributed by atoms with van der Waals surface area (Å²) < 4.78 is 61.1. The van der Waals surface area contributed by atoms with Gasteiger partial charge >= 0.3 is 5.97 Å². The predicted octanol–water partition coefficient (Wildman–Crippen LogP) is 4.12. The van der Waals surface area contributed by atoms with Crippen LogP contribution in [0, 0.1) is 51.9 Å². The molecule has 1 aliphatic carbocycles. The van der Waals surface area contributed by atoms with Crippen molar-refractivity contribution in [2.45, 2.75) is 33.8 Å². The number of rotatable bonds is 7. The van der Waals surface area contributed by atoms with Crippen molar-refractivity contribution in [2.24, 2.45) is 17.3 Å². The highest BCUT2D eigenvalue weighted by Gasteiger charge is 2.61. The highest BCUT2D eigenvalue weighted by atomic mass is 19.2. The molecule has 0 saturated heterocycles. The number of allylic oxidation sites excluding steroid dienone is 4. The van der Waals surface area contributed by atoms with Crippen molar-refractivity contribution < 1.29 is 32.2 Å². The maximum atomic E-state index is 14.1. The molecular weight excluding hydrogens is 390 g/mol. The zero-order chi connectivity index (χ0) is 21.9. The Bertz CT molecular complexity index is 886. The van der Waals surface area contributed by atoms with Crippen molar-refractivity contribution in [3.8, 4) is 6.07 Å². The van der Waals surface area contributed by atoms with Crippen LogP contribution < -0.4 is 0 Å². The first-order valence-corrected chi connectivity index (χ1v) is 8.97. The van der Waals surface area contributed by atoms with Crippen LogP contribution in [0.2, 0.25) is 0 Å². The van der Waals surface area contributed by atoms with Crippen molar-refractivity contribution in [3.63, 3.8) is 0 Å². The quantitative estimate of drug-likeness (QED) is 0.241. The lowest BCUT2D eigenvalue weighted by Crippen LogP contribution is -2.15. The zero-order valence-corrected chi connectivity index (χ0v) is 16.2. The first-order valence-electron chi connectivity index (χ1n) is 8.97. The number of ether oxygens (including phenoxy) is 1. The van der Waals surface area contributed by atoms with Crippen LogP contribution >= 0.6 is 0 Å². The maximum Gasteiger partial charge on any atom is 0.310 e. The number of carbonyl (C=O) groups excluding carboxylic acids is 1. The molecule has 1 saturated carbocycles. The summed E-state index contributed by atoms with van der Waals surface area (Å²) in [5.41, 5.74) is -2.12. The molecule has 0 aromatic heterocycles. The average molecular weight is 411 g/mol. The SMILES string of the molecule is CC=CC(C#N)=C[C@@H]1[C@@H](C(=O)OCc2c(F)c(F)c(CCO)c(F)c2F)C1(C)C. The largest absolute Gasteiger partial charge is 0.460 e. The summed E-state index contributed by atoms with van der Waals surface area (Å²) in [5.74, 6) is -8.34. The minimum Gasteiger partial charge on any atom is -0.460 e. The number of halogens is 4. The van der Waals surface area contributed by atoms with E-state index in [0.717, 1.165) is 0 Å². The summed E-state index contributed by atoms with van der Waals surface area (Å²) in [6.07, 6.45) is 4.29. The number of nitriles is 1. The molecule has 0 bridgehead atoms. The van der Waals surface area contributed by atoms with E-state index in [1.807, 2.05) is 6.07 Å². The number of nitrogens with zero attached hydrogens (tertiary/aromatic N) is 1. The minimum atomic E-state index is -1.66. The Morgan fingerprint density at radius 2 is 1.72 bits per heavy atom. The predicted molar refractivity (Wildman–Crippen MR) is 96.1 cm³/mol. The number of esters is 1. The molecule has 0 unspecified atom stereocenters. The molecule has 0 aliphatic heterocycles. The molecule has 2 atom stereocenters. The van der Waals surface area contributed by atoms with Crippen LogP contribution in [0.5, 0.6) is 0 Å². The van der Waals surface area contributed by atoms with Crippen molar-refractivity contribution in [1.29, 1.82) is 5.26 Å². The number of benzene rings is 1. The van der Waals surface area contributed by atoms with Gasteiger partial charge in [0.05, 0.1) is 17.6 Å². The summed E-state index contributed by atoms with van der Waals surface area (Å²) in [5, 5.41) is 17.9. The Kier molecular flexibility index (Phi) is 6.85. The molecule has 4 nitrogen and oxygen atoms in total. The van der Waals surface area contributed by atoms with Gasteiger partial charge in [0.15, 0.2) is 23.3 Å². The maximum absolute atomic E-state index is 14.1. The van der Waals surface area contributed by atoms with Crippen molar-refractivity contribution in [1.82, 2.24) is 0 Å². The fourth-order valence-electron chi connectivity index (χ4n) is 3.36. The number of carbonyl (C=O) groups is 1. The molecule has 0 radical (unpaired) electrons. The van der Waals surface area contributed by atoms with Crippen LogP contribution in [0.4, 0.5) is 17.6 Å². The van der Waals surface area contributed by atoms with Crippen LogP contribution in [0.1, 0.15) is 31.9 Å². The Labute approximate surface area is 166 Å². The van der Waals surface area contributed by atoms with Gasteiger partial charge in [-0.15, -0.1) is 0 Å². The lowest BCUT2D eigenvalue weighted by molar-refractivity contribution is -0.147. The van der Waals surface area contributed by atoms with Gasteiger partial charge in [0, 0.05) is 24.2 Å². The summed E-state index contributed by atoms with van der Waals surface area (Å²) in [4.78, 5) is 12.4. The normalized spacial score (nSPS) is 20.6.